The van der Waals surface area contributed by atoms with Crippen LogP contribution in [0.5, 0.6) is 5.75 Å². The molecule has 2 rings (SSSR count). The maximum atomic E-state index is 10.9. The number of phenolic OH excluding ortho intramolecular Hbond substituents is 1. The summed E-state index contributed by atoms with van der Waals surface area (Å²) in [6.07, 6.45) is 5.20. The lowest BCUT2D eigenvalue weighted by atomic mass is 9.82. The number of aromatic hydroxyl groups is 1. The van der Waals surface area contributed by atoms with E-state index in [1.54, 1.807) is 6.08 Å². The standard InChI is InChI=1S/C16H20ClNO2/c1-10(2)12-8-13(17)11(3)14(15(12)20)16(18-9-19)6-4-5-7-16/h8,10,20H,4-7H2,1-3H3. The first-order chi connectivity index (χ1) is 9.43. The average molecular weight is 294 g/mol. The van der Waals surface area contributed by atoms with Gasteiger partial charge in [-0.2, -0.15) is 4.99 Å². The fourth-order valence-electron chi connectivity index (χ4n) is 3.23. The summed E-state index contributed by atoms with van der Waals surface area (Å²) >= 11 is 6.32. The smallest absolute Gasteiger partial charge is 0.235 e. The molecule has 4 heteroatoms. The Hall–Kier alpha value is -1.31. The highest BCUT2D eigenvalue weighted by molar-refractivity contribution is 6.31. The minimum absolute atomic E-state index is 0.158. The molecule has 0 amide bonds. The fourth-order valence-corrected chi connectivity index (χ4v) is 3.44. The molecule has 20 heavy (non-hydrogen) atoms. The summed E-state index contributed by atoms with van der Waals surface area (Å²) in [4.78, 5) is 14.9. The molecule has 1 N–H and O–H groups in total. The monoisotopic (exact) mass is 293 g/mol. The van der Waals surface area contributed by atoms with Gasteiger partial charge in [0.05, 0.1) is 0 Å². The van der Waals surface area contributed by atoms with Gasteiger partial charge in [0.25, 0.3) is 0 Å². The predicted octanol–water partition coefficient (Wildman–Crippen LogP) is 4.58. The van der Waals surface area contributed by atoms with Crippen molar-refractivity contribution in [2.45, 2.75) is 57.9 Å². The topological polar surface area (TPSA) is 49.7 Å². The minimum atomic E-state index is -0.648. The Morgan fingerprint density at radius 1 is 1.40 bits per heavy atom. The Balaban J connectivity index is 2.74. The van der Waals surface area contributed by atoms with Crippen molar-refractivity contribution in [1.82, 2.24) is 0 Å². The zero-order valence-corrected chi connectivity index (χ0v) is 12.9. The molecule has 0 aliphatic heterocycles. The number of rotatable bonds is 3. The molecular weight excluding hydrogens is 274 g/mol. The fraction of sp³-hybridized carbons (Fsp3) is 0.562. The number of hydrogen-bond donors (Lipinski definition) is 1. The average Bonchev–Trinajstić information content (AvgIpc) is 2.83. The van der Waals surface area contributed by atoms with E-state index in [1.807, 2.05) is 26.8 Å². The molecule has 0 spiro atoms. The Bertz CT molecular complexity index is 568. The van der Waals surface area contributed by atoms with Crippen LogP contribution in [0.15, 0.2) is 11.1 Å². The summed E-state index contributed by atoms with van der Waals surface area (Å²) in [5, 5.41) is 11.3. The summed E-state index contributed by atoms with van der Waals surface area (Å²) < 4.78 is 0. The van der Waals surface area contributed by atoms with E-state index in [2.05, 4.69) is 4.99 Å². The van der Waals surface area contributed by atoms with Crippen molar-refractivity contribution in [1.29, 1.82) is 0 Å². The Morgan fingerprint density at radius 3 is 2.50 bits per heavy atom. The second-order valence-corrected chi connectivity index (χ2v) is 6.30. The lowest BCUT2D eigenvalue weighted by Gasteiger charge is -2.28. The lowest BCUT2D eigenvalue weighted by Crippen LogP contribution is -2.21. The first-order valence-electron chi connectivity index (χ1n) is 7.04. The van der Waals surface area contributed by atoms with Gasteiger partial charge in [-0.25, -0.2) is 4.79 Å². The molecule has 0 saturated heterocycles. The first-order valence-corrected chi connectivity index (χ1v) is 7.42. The molecule has 0 heterocycles. The largest absolute Gasteiger partial charge is 0.507 e. The number of aliphatic imine (C=N–C) groups is 1. The summed E-state index contributed by atoms with van der Waals surface area (Å²) in [7, 11) is 0. The van der Waals surface area contributed by atoms with E-state index in [-0.39, 0.29) is 11.7 Å². The van der Waals surface area contributed by atoms with Crippen LogP contribution in [0.1, 0.15) is 62.1 Å². The zero-order valence-electron chi connectivity index (χ0n) is 12.2. The van der Waals surface area contributed by atoms with Crippen molar-refractivity contribution in [3.05, 3.63) is 27.8 Å². The third kappa shape index (κ3) is 2.36. The number of phenols is 1. The third-order valence-electron chi connectivity index (χ3n) is 4.30. The van der Waals surface area contributed by atoms with E-state index in [1.165, 1.54) is 0 Å². The molecule has 3 nitrogen and oxygen atoms in total. The van der Waals surface area contributed by atoms with Crippen LogP contribution in [0, 0.1) is 6.92 Å². The van der Waals surface area contributed by atoms with Crippen molar-refractivity contribution < 1.29 is 9.90 Å². The van der Waals surface area contributed by atoms with Gasteiger partial charge < -0.3 is 5.11 Å². The van der Waals surface area contributed by atoms with Crippen LogP contribution in [0.25, 0.3) is 0 Å². The van der Waals surface area contributed by atoms with E-state index in [9.17, 15) is 9.90 Å². The van der Waals surface area contributed by atoms with Gasteiger partial charge >= 0.3 is 0 Å². The highest BCUT2D eigenvalue weighted by Crippen LogP contribution is 2.50. The Labute approximate surface area is 124 Å². The molecule has 108 valence electrons. The Morgan fingerprint density at radius 2 is 2.00 bits per heavy atom. The summed E-state index contributed by atoms with van der Waals surface area (Å²) in [5.74, 6) is 0.397. The molecule has 1 aromatic carbocycles. The molecular formula is C16H20ClNO2. The van der Waals surface area contributed by atoms with Crippen LogP contribution >= 0.6 is 11.6 Å². The van der Waals surface area contributed by atoms with Gasteiger partial charge in [0, 0.05) is 10.6 Å². The molecule has 0 bridgehead atoms. The van der Waals surface area contributed by atoms with Gasteiger partial charge in [-0.15, -0.1) is 0 Å². The highest BCUT2D eigenvalue weighted by atomic mass is 35.5. The van der Waals surface area contributed by atoms with E-state index in [0.717, 1.165) is 42.4 Å². The van der Waals surface area contributed by atoms with Crippen LogP contribution in [0.2, 0.25) is 5.02 Å². The van der Waals surface area contributed by atoms with Crippen LogP contribution in [0.4, 0.5) is 0 Å². The molecule has 1 aromatic rings. The number of nitrogens with zero attached hydrogens (tertiary/aromatic N) is 1. The normalized spacial score (nSPS) is 17.2. The number of isocyanates is 1. The van der Waals surface area contributed by atoms with Crippen LogP contribution in [-0.4, -0.2) is 11.2 Å². The van der Waals surface area contributed by atoms with Gasteiger partial charge in [0.1, 0.15) is 11.3 Å². The molecule has 1 saturated carbocycles. The van der Waals surface area contributed by atoms with E-state index in [4.69, 9.17) is 11.6 Å². The summed E-state index contributed by atoms with van der Waals surface area (Å²) in [5.41, 5.74) is 1.69. The van der Waals surface area contributed by atoms with E-state index < -0.39 is 5.54 Å². The zero-order chi connectivity index (χ0) is 14.9. The van der Waals surface area contributed by atoms with Gasteiger partial charge in [0.15, 0.2) is 0 Å². The molecule has 1 fully saturated rings. The van der Waals surface area contributed by atoms with Gasteiger partial charge in [-0.1, -0.05) is 38.3 Å². The lowest BCUT2D eigenvalue weighted by molar-refractivity contribution is 0.401. The maximum absolute atomic E-state index is 10.9. The SMILES string of the molecule is Cc1c(Cl)cc(C(C)C)c(O)c1C1(N=C=O)CCCC1. The quantitative estimate of drug-likeness (QED) is 0.655. The maximum Gasteiger partial charge on any atom is 0.235 e. The van der Waals surface area contributed by atoms with Gasteiger partial charge in [0.2, 0.25) is 6.08 Å². The van der Waals surface area contributed by atoms with Gasteiger partial charge in [-0.05, 0) is 42.9 Å². The molecule has 1 aliphatic rings. The molecule has 0 atom stereocenters. The van der Waals surface area contributed by atoms with E-state index >= 15 is 0 Å². The third-order valence-corrected chi connectivity index (χ3v) is 4.70. The number of hydrogen-bond acceptors (Lipinski definition) is 3. The van der Waals surface area contributed by atoms with Crippen LogP contribution in [-0.2, 0) is 10.3 Å². The predicted molar refractivity (Wildman–Crippen MR) is 80.2 cm³/mol. The number of benzene rings is 1. The first kappa shape index (κ1) is 15.1. The second-order valence-electron chi connectivity index (χ2n) is 5.89. The Kier molecular flexibility index (Phi) is 4.22. The summed E-state index contributed by atoms with van der Waals surface area (Å²) in [6.45, 7) is 5.89. The van der Waals surface area contributed by atoms with Crippen LogP contribution < -0.4 is 0 Å². The summed E-state index contributed by atoms with van der Waals surface area (Å²) in [6, 6.07) is 1.81. The van der Waals surface area contributed by atoms with Gasteiger partial charge in [-0.3, -0.25) is 0 Å². The molecule has 0 unspecified atom stereocenters. The minimum Gasteiger partial charge on any atom is -0.507 e. The number of halogens is 1. The van der Waals surface area contributed by atoms with Crippen molar-refractivity contribution in [2.75, 3.05) is 0 Å². The molecule has 0 radical (unpaired) electrons. The second kappa shape index (κ2) is 5.59. The van der Waals surface area contributed by atoms with Crippen LogP contribution in [0.3, 0.4) is 0 Å². The van der Waals surface area contributed by atoms with E-state index in [0.29, 0.717) is 5.02 Å². The number of carbonyl (C=O) groups excluding carboxylic acids is 1. The molecule has 1 aliphatic carbocycles. The van der Waals surface area contributed by atoms with Crippen molar-refractivity contribution in [3.63, 3.8) is 0 Å². The van der Waals surface area contributed by atoms with Crippen molar-refractivity contribution in [3.8, 4) is 5.75 Å². The van der Waals surface area contributed by atoms with Crippen molar-refractivity contribution in [2.24, 2.45) is 4.99 Å². The van der Waals surface area contributed by atoms with Crippen molar-refractivity contribution >= 4 is 17.7 Å². The highest BCUT2D eigenvalue weighted by Gasteiger charge is 2.40. The molecule has 0 aromatic heterocycles.